The lowest BCUT2D eigenvalue weighted by atomic mass is 10.2. The Kier molecular flexibility index (Phi) is 3.87. The van der Waals surface area contributed by atoms with Gasteiger partial charge in [0.1, 0.15) is 0 Å². The number of aromatic nitrogens is 2. The van der Waals surface area contributed by atoms with Gasteiger partial charge in [0.05, 0.1) is 32.4 Å². The van der Waals surface area contributed by atoms with E-state index in [2.05, 4.69) is 15.0 Å². The lowest BCUT2D eigenvalue weighted by Crippen LogP contribution is -2.46. The van der Waals surface area contributed by atoms with Crippen LogP contribution < -0.4 is 0 Å². The third kappa shape index (κ3) is 2.58. The molecule has 0 amide bonds. The number of aliphatic hydroxyl groups is 1. The monoisotopic (exact) mass is 227 g/mol. The molecule has 1 fully saturated rings. The molecule has 0 aromatic carbocycles. The summed E-state index contributed by atoms with van der Waals surface area (Å²) in [7, 11) is 0. The Labute approximate surface area is 94.2 Å². The van der Waals surface area contributed by atoms with Crippen LogP contribution in [0.5, 0.6) is 0 Å². The van der Waals surface area contributed by atoms with Crippen LogP contribution in [-0.4, -0.2) is 52.6 Å². The molecule has 1 N–H and O–H groups in total. The minimum Gasteiger partial charge on any atom is -0.395 e. The molecule has 0 saturated carbocycles. The molecular formula is C10H17N3O3. The molecule has 0 radical (unpaired) electrons. The van der Waals surface area contributed by atoms with Crippen LogP contribution in [0.15, 0.2) is 4.52 Å². The highest BCUT2D eigenvalue weighted by Crippen LogP contribution is 2.11. The fraction of sp³-hybridized carbons (Fsp3) is 0.800. The minimum atomic E-state index is 0.0331. The molecule has 90 valence electrons. The van der Waals surface area contributed by atoms with Crippen molar-refractivity contribution in [2.24, 2.45) is 0 Å². The van der Waals surface area contributed by atoms with Crippen LogP contribution in [0.3, 0.4) is 0 Å². The number of rotatable bonds is 4. The zero-order valence-corrected chi connectivity index (χ0v) is 9.43. The van der Waals surface area contributed by atoms with E-state index in [0.29, 0.717) is 25.6 Å². The first kappa shape index (κ1) is 11.5. The molecule has 0 spiro atoms. The topological polar surface area (TPSA) is 71.6 Å². The van der Waals surface area contributed by atoms with Crippen molar-refractivity contribution in [2.45, 2.75) is 25.9 Å². The molecular weight excluding hydrogens is 210 g/mol. The zero-order chi connectivity index (χ0) is 11.4. The molecule has 1 aromatic rings. The number of aliphatic hydroxyl groups excluding tert-OH is 1. The van der Waals surface area contributed by atoms with Crippen molar-refractivity contribution in [3.05, 3.63) is 11.7 Å². The van der Waals surface area contributed by atoms with E-state index in [1.807, 2.05) is 6.92 Å². The van der Waals surface area contributed by atoms with E-state index in [4.69, 9.17) is 9.26 Å². The third-order valence-corrected chi connectivity index (χ3v) is 2.72. The number of hydrogen-bond donors (Lipinski definition) is 1. The van der Waals surface area contributed by atoms with Crippen molar-refractivity contribution in [3.63, 3.8) is 0 Å². The molecule has 1 saturated heterocycles. The first-order valence-corrected chi connectivity index (χ1v) is 5.57. The van der Waals surface area contributed by atoms with E-state index < -0.39 is 0 Å². The number of hydrogen-bond acceptors (Lipinski definition) is 6. The van der Waals surface area contributed by atoms with Crippen molar-refractivity contribution >= 4 is 0 Å². The lowest BCUT2D eigenvalue weighted by molar-refractivity contribution is -0.0348. The lowest BCUT2D eigenvalue weighted by Gasteiger charge is -2.33. The van der Waals surface area contributed by atoms with Crippen LogP contribution >= 0.6 is 0 Å². The number of ether oxygens (including phenoxy) is 1. The highest BCUT2D eigenvalue weighted by atomic mass is 16.5. The molecule has 0 bridgehead atoms. The normalized spacial score (nSPS) is 22.5. The predicted octanol–water partition coefficient (Wildman–Crippen LogP) is -0.175. The summed E-state index contributed by atoms with van der Waals surface area (Å²) in [5.41, 5.74) is 0. The van der Waals surface area contributed by atoms with Gasteiger partial charge in [-0.3, -0.25) is 4.90 Å². The van der Waals surface area contributed by atoms with Gasteiger partial charge in [0.25, 0.3) is 0 Å². The summed E-state index contributed by atoms with van der Waals surface area (Å²) >= 11 is 0. The van der Waals surface area contributed by atoms with Crippen LogP contribution in [0.2, 0.25) is 0 Å². The summed E-state index contributed by atoms with van der Waals surface area (Å²) in [5, 5.41) is 13.0. The third-order valence-electron chi connectivity index (χ3n) is 2.72. The fourth-order valence-corrected chi connectivity index (χ4v) is 1.74. The standard InChI is InChI=1S/C10H17N3O3/c1-2-9-11-10(16-12-9)5-13-3-4-15-7-8(13)6-14/h8,14H,2-7H2,1H3. The van der Waals surface area contributed by atoms with Crippen LogP contribution in [-0.2, 0) is 17.7 Å². The van der Waals surface area contributed by atoms with Crippen LogP contribution in [0.4, 0.5) is 0 Å². The summed E-state index contributed by atoms with van der Waals surface area (Å²) in [6.45, 7) is 4.70. The molecule has 6 nitrogen and oxygen atoms in total. The second-order valence-electron chi connectivity index (χ2n) is 3.84. The van der Waals surface area contributed by atoms with E-state index >= 15 is 0 Å². The maximum absolute atomic E-state index is 9.20. The molecule has 2 heterocycles. The highest BCUT2D eigenvalue weighted by Gasteiger charge is 2.24. The van der Waals surface area contributed by atoms with Gasteiger partial charge in [-0.05, 0) is 0 Å². The second kappa shape index (κ2) is 5.38. The van der Waals surface area contributed by atoms with E-state index in [1.54, 1.807) is 0 Å². The van der Waals surface area contributed by atoms with Crippen molar-refractivity contribution < 1.29 is 14.4 Å². The molecule has 1 aliphatic heterocycles. The van der Waals surface area contributed by atoms with E-state index in [-0.39, 0.29) is 12.6 Å². The Morgan fingerprint density at radius 1 is 1.56 bits per heavy atom. The van der Waals surface area contributed by atoms with Gasteiger partial charge in [0.15, 0.2) is 5.82 Å². The van der Waals surface area contributed by atoms with Gasteiger partial charge in [0.2, 0.25) is 5.89 Å². The van der Waals surface area contributed by atoms with Crippen LogP contribution in [0.25, 0.3) is 0 Å². The SMILES string of the molecule is CCc1noc(CN2CCOCC2CO)n1. The van der Waals surface area contributed by atoms with E-state index in [0.717, 1.165) is 18.8 Å². The maximum atomic E-state index is 9.20. The molecule has 1 atom stereocenters. The van der Waals surface area contributed by atoms with Gasteiger partial charge in [0, 0.05) is 13.0 Å². The summed E-state index contributed by atoms with van der Waals surface area (Å²) in [6, 6.07) is 0.0331. The average Bonchev–Trinajstić information content (AvgIpc) is 2.77. The van der Waals surface area contributed by atoms with E-state index in [1.165, 1.54) is 0 Å². The van der Waals surface area contributed by atoms with Crippen molar-refractivity contribution in [2.75, 3.05) is 26.4 Å². The Bertz CT molecular complexity index is 329. The number of nitrogens with zero attached hydrogens (tertiary/aromatic N) is 3. The zero-order valence-electron chi connectivity index (χ0n) is 9.43. The van der Waals surface area contributed by atoms with Gasteiger partial charge >= 0.3 is 0 Å². The van der Waals surface area contributed by atoms with Crippen LogP contribution in [0.1, 0.15) is 18.6 Å². The van der Waals surface area contributed by atoms with Gasteiger partial charge < -0.3 is 14.4 Å². The largest absolute Gasteiger partial charge is 0.395 e. The Hall–Kier alpha value is -0.980. The predicted molar refractivity (Wildman–Crippen MR) is 55.8 cm³/mol. The molecule has 6 heteroatoms. The second-order valence-corrected chi connectivity index (χ2v) is 3.84. The molecule has 16 heavy (non-hydrogen) atoms. The Morgan fingerprint density at radius 2 is 2.44 bits per heavy atom. The maximum Gasteiger partial charge on any atom is 0.240 e. The first-order valence-electron chi connectivity index (χ1n) is 5.57. The molecule has 2 rings (SSSR count). The summed E-state index contributed by atoms with van der Waals surface area (Å²) in [4.78, 5) is 6.36. The number of aryl methyl sites for hydroxylation is 1. The molecule has 1 aliphatic rings. The fourth-order valence-electron chi connectivity index (χ4n) is 1.74. The van der Waals surface area contributed by atoms with Gasteiger partial charge in [-0.25, -0.2) is 0 Å². The Morgan fingerprint density at radius 3 is 3.12 bits per heavy atom. The molecule has 1 unspecified atom stereocenters. The summed E-state index contributed by atoms with van der Waals surface area (Å²) < 4.78 is 10.4. The van der Waals surface area contributed by atoms with E-state index in [9.17, 15) is 5.11 Å². The summed E-state index contributed by atoms with van der Waals surface area (Å²) in [6.07, 6.45) is 0.774. The Balaban J connectivity index is 1.96. The molecule has 0 aliphatic carbocycles. The molecule has 1 aromatic heterocycles. The minimum absolute atomic E-state index is 0.0331. The van der Waals surface area contributed by atoms with Crippen molar-refractivity contribution in [1.82, 2.24) is 15.0 Å². The van der Waals surface area contributed by atoms with Gasteiger partial charge in [-0.15, -0.1) is 0 Å². The smallest absolute Gasteiger partial charge is 0.240 e. The van der Waals surface area contributed by atoms with Crippen molar-refractivity contribution in [1.29, 1.82) is 0 Å². The average molecular weight is 227 g/mol. The van der Waals surface area contributed by atoms with Crippen molar-refractivity contribution in [3.8, 4) is 0 Å². The van der Waals surface area contributed by atoms with Gasteiger partial charge in [-0.1, -0.05) is 12.1 Å². The highest BCUT2D eigenvalue weighted by molar-refractivity contribution is 4.87. The van der Waals surface area contributed by atoms with Gasteiger partial charge in [-0.2, -0.15) is 4.98 Å². The number of morpholine rings is 1. The first-order chi connectivity index (χ1) is 7.83. The quantitative estimate of drug-likeness (QED) is 0.769. The van der Waals surface area contributed by atoms with Crippen LogP contribution in [0, 0.1) is 0 Å². The summed E-state index contributed by atoms with van der Waals surface area (Å²) in [5.74, 6) is 1.33.